The molecule has 190 valence electrons. The van der Waals surface area contributed by atoms with E-state index in [1.165, 1.54) is 4.31 Å². The molecule has 0 amide bonds. The Morgan fingerprint density at radius 2 is 1.81 bits per heavy atom. The van der Waals surface area contributed by atoms with Gasteiger partial charge in [-0.25, -0.2) is 13.1 Å². The smallest absolute Gasteiger partial charge is 0.243 e. The number of ether oxygens (including phenoxy) is 1. The summed E-state index contributed by atoms with van der Waals surface area (Å²) in [4.78, 5) is 1.26. The molecule has 1 saturated heterocycles. The molecule has 0 bridgehead atoms. The molecule has 2 aromatic heterocycles. The van der Waals surface area contributed by atoms with Gasteiger partial charge in [-0.2, -0.15) is 14.5 Å². The molecule has 0 spiro atoms. The van der Waals surface area contributed by atoms with E-state index in [9.17, 15) is 8.42 Å². The van der Waals surface area contributed by atoms with Crippen LogP contribution in [0, 0.1) is 0 Å². The summed E-state index contributed by atoms with van der Waals surface area (Å²) in [5.74, 6) is 0. The van der Waals surface area contributed by atoms with Gasteiger partial charge in [0.05, 0.1) is 34.9 Å². The van der Waals surface area contributed by atoms with E-state index in [2.05, 4.69) is 15.8 Å². The number of nitrogens with zero attached hydrogens (tertiary/aromatic N) is 4. The van der Waals surface area contributed by atoms with Gasteiger partial charge in [-0.05, 0) is 60.1 Å². The Morgan fingerprint density at radius 1 is 1.05 bits per heavy atom. The van der Waals surface area contributed by atoms with Crippen LogP contribution in [0.1, 0.15) is 5.56 Å². The molecule has 1 aliphatic rings. The number of sulfonamides is 1. The lowest BCUT2D eigenvalue weighted by atomic mass is 10.2. The number of aromatic nitrogens is 2. The Balaban J connectivity index is 1.24. The highest BCUT2D eigenvalue weighted by Crippen LogP contribution is 2.27. The molecular weight excluding hydrogens is 529 g/mol. The highest BCUT2D eigenvalue weighted by Gasteiger charge is 2.26. The summed E-state index contributed by atoms with van der Waals surface area (Å²) in [5, 5.41) is 14.3. The van der Waals surface area contributed by atoms with Crippen LogP contribution in [0.5, 0.6) is 0 Å². The van der Waals surface area contributed by atoms with Crippen molar-refractivity contribution in [1.82, 2.24) is 19.5 Å². The Kier molecular flexibility index (Phi) is 7.72. The normalized spacial score (nSPS) is 14.6. The lowest BCUT2D eigenvalue weighted by Crippen LogP contribution is -2.40. The van der Waals surface area contributed by atoms with E-state index in [0.29, 0.717) is 32.0 Å². The van der Waals surface area contributed by atoms with Crippen molar-refractivity contribution in [2.24, 2.45) is 5.10 Å². The number of benzene rings is 2. The first-order valence-electron chi connectivity index (χ1n) is 11.5. The number of hydrogen-bond donors (Lipinski definition) is 2. The summed E-state index contributed by atoms with van der Waals surface area (Å²) < 4.78 is 34.1. The van der Waals surface area contributed by atoms with Crippen molar-refractivity contribution in [1.29, 1.82) is 0 Å². The van der Waals surface area contributed by atoms with E-state index >= 15 is 0 Å². The molecule has 0 saturated carbocycles. The van der Waals surface area contributed by atoms with Crippen molar-refractivity contribution in [3.05, 3.63) is 83.9 Å². The van der Waals surface area contributed by atoms with E-state index in [-0.39, 0.29) is 10.0 Å². The van der Waals surface area contributed by atoms with Gasteiger partial charge in [0.15, 0.2) is 5.11 Å². The van der Waals surface area contributed by atoms with Crippen molar-refractivity contribution in [3.63, 3.8) is 0 Å². The summed E-state index contributed by atoms with van der Waals surface area (Å²) in [6, 6.07) is 20.3. The number of hydrazone groups is 1. The molecule has 0 aliphatic carbocycles. The molecule has 1 fully saturated rings. The molecule has 0 unspecified atom stereocenters. The van der Waals surface area contributed by atoms with Gasteiger partial charge in [0.1, 0.15) is 5.69 Å². The number of anilines is 1. The Hall–Kier alpha value is -3.42. The van der Waals surface area contributed by atoms with Gasteiger partial charge in [0.25, 0.3) is 0 Å². The molecule has 12 heteroatoms. The maximum absolute atomic E-state index is 12.8. The number of morpholine rings is 1. The largest absolute Gasteiger partial charge is 0.379 e. The summed E-state index contributed by atoms with van der Waals surface area (Å²) in [7, 11) is -3.55. The van der Waals surface area contributed by atoms with Crippen LogP contribution in [0.3, 0.4) is 0 Å². The van der Waals surface area contributed by atoms with Crippen LogP contribution in [0.25, 0.3) is 16.3 Å². The minimum absolute atomic E-state index is 0.230. The predicted molar refractivity (Wildman–Crippen MR) is 150 cm³/mol. The molecule has 4 aromatic rings. The van der Waals surface area contributed by atoms with Crippen LogP contribution in [-0.2, 0) is 14.8 Å². The number of thiophene rings is 1. The Labute approximate surface area is 224 Å². The van der Waals surface area contributed by atoms with Crippen LogP contribution in [0.15, 0.2) is 88.3 Å². The fraction of sp³-hybridized carbons (Fsp3) is 0.160. The van der Waals surface area contributed by atoms with Crippen LogP contribution in [-0.4, -0.2) is 60.1 Å². The summed E-state index contributed by atoms with van der Waals surface area (Å²) in [6.07, 6.45) is 3.59. The molecule has 0 radical (unpaired) electrons. The molecule has 9 nitrogen and oxygen atoms in total. The summed E-state index contributed by atoms with van der Waals surface area (Å²) in [6.45, 7) is 1.52. The third-order valence-corrected chi connectivity index (χ3v) is 8.59. The number of hydrogen-bond acceptors (Lipinski definition) is 7. The van der Waals surface area contributed by atoms with Crippen LogP contribution < -0.4 is 10.7 Å². The molecule has 1 aliphatic heterocycles. The fourth-order valence-corrected chi connectivity index (χ4v) is 6.07. The Bertz CT molecular complexity index is 1480. The second-order valence-electron chi connectivity index (χ2n) is 8.06. The standard InChI is InChI=1S/C25H24N6O3S3/c32-37(33,30-12-14-34-15-13-30)22-10-8-20(9-11-22)27-25(35)28-26-17-19-18-31(21-5-2-1-3-6-21)29-24(19)23-7-4-16-36-23/h1-11,16-18H,12-15H2,(H2,27,28,35)/b26-17+. The van der Waals surface area contributed by atoms with Crippen LogP contribution >= 0.6 is 23.6 Å². The summed E-state index contributed by atoms with van der Waals surface area (Å²) in [5.41, 5.74) is 6.06. The van der Waals surface area contributed by atoms with Crippen LogP contribution in [0.4, 0.5) is 5.69 Å². The van der Waals surface area contributed by atoms with E-state index in [0.717, 1.165) is 21.8 Å². The van der Waals surface area contributed by atoms with Gasteiger partial charge in [-0.3, -0.25) is 5.43 Å². The maximum atomic E-state index is 12.8. The first-order valence-corrected chi connectivity index (χ1v) is 14.2. The second-order valence-corrected chi connectivity index (χ2v) is 11.3. The third kappa shape index (κ3) is 5.95. The van der Waals surface area contributed by atoms with Crippen molar-refractivity contribution >= 4 is 50.6 Å². The number of rotatable bonds is 7. The molecule has 5 rings (SSSR count). The minimum atomic E-state index is -3.55. The van der Waals surface area contributed by atoms with E-state index < -0.39 is 10.0 Å². The maximum Gasteiger partial charge on any atom is 0.243 e. The van der Waals surface area contributed by atoms with Crippen molar-refractivity contribution < 1.29 is 13.2 Å². The average Bonchev–Trinajstić information content (AvgIpc) is 3.60. The van der Waals surface area contributed by atoms with Gasteiger partial charge in [-0.1, -0.05) is 24.3 Å². The first kappa shape index (κ1) is 25.2. The highest BCUT2D eigenvalue weighted by atomic mass is 32.2. The first-order chi connectivity index (χ1) is 18.0. The lowest BCUT2D eigenvalue weighted by molar-refractivity contribution is 0.0730. The average molecular weight is 553 g/mol. The zero-order valence-electron chi connectivity index (χ0n) is 19.6. The molecular formula is C25H24N6O3S3. The van der Waals surface area contributed by atoms with Crippen molar-refractivity contribution in [2.75, 3.05) is 31.6 Å². The zero-order chi connectivity index (χ0) is 25.7. The van der Waals surface area contributed by atoms with Crippen molar-refractivity contribution in [3.8, 4) is 16.3 Å². The summed E-state index contributed by atoms with van der Waals surface area (Å²) >= 11 is 6.96. The SMILES string of the molecule is O=S(=O)(c1ccc(NC(=S)N/N=C/c2cn(-c3ccccc3)nc2-c2cccs2)cc1)N1CCOCC1. The van der Waals surface area contributed by atoms with Gasteiger partial charge in [0, 0.05) is 30.5 Å². The third-order valence-electron chi connectivity index (χ3n) is 5.61. The van der Waals surface area contributed by atoms with Gasteiger partial charge < -0.3 is 10.1 Å². The number of nitrogens with one attached hydrogen (secondary N) is 2. The molecule has 3 heterocycles. The predicted octanol–water partition coefficient (Wildman–Crippen LogP) is 3.94. The van der Waals surface area contributed by atoms with E-state index in [1.54, 1.807) is 41.8 Å². The van der Waals surface area contributed by atoms with Crippen molar-refractivity contribution in [2.45, 2.75) is 4.90 Å². The molecule has 0 atom stereocenters. The van der Waals surface area contributed by atoms with E-state index in [4.69, 9.17) is 22.1 Å². The molecule has 2 N–H and O–H groups in total. The lowest BCUT2D eigenvalue weighted by Gasteiger charge is -2.26. The number of thiocarbonyl (C=S) groups is 1. The van der Waals surface area contributed by atoms with E-state index in [1.807, 2.05) is 58.7 Å². The Morgan fingerprint density at radius 3 is 2.51 bits per heavy atom. The topological polar surface area (TPSA) is 101 Å². The minimum Gasteiger partial charge on any atom is -0.379 e. The quantitative estimate of drug-likeness (QED) is 0.203. The molecule has 37 heavy (non-hydrogen) atoms. The van der Waals surface area contributed by atoms with Gasteiger partial charge >= 0.3 is 0 Å². The zero-order valence-corrected chi connectivity index (χ0v) is 22.1. The second kappa shape index (κ2) is 11.3. The molecule has 2 aromatic carbocycles. The van der Waals surface area contributed by atoms with Gasteiger partial charge in [-0.15, -0.1) is 11.3 Å². The number of para-hydroxylation sites is 1. The van der Waals surface area contributed by atoms with Gasteiger partial charge in [0.2, 0.25) is 10.0 Å². The monoisotopic (exact) mass is 552 g/mol. The highest BCUT2D eigenvalue weighted by molar-refractivity contribution is 7.89. The fourth-order valence-electron chi connectivity index (χ4n) is 3.77. The van der Waals surface area contributed by atoms with Crippen LogP contribution in [0.2, 0.25) is 0 Å².